The van der Waals surface area contributed by atoms with Gasteiger partial charge in [0.05, 0.1) is 11.6 Å². The number of rotatable bonds is 5. The van der Waals surface area contributed by atoms with Crippen LogP contribution in [0.4, 0.5) is 0 Å². The van der Waals surface area contributed by atoms with Crippen LogP contribution < -0.4 is 4.89 Å². The van der Waals surface area contributed by atoms with Crippen LogP contribution in [0.5, 0.6) is 0 Å². The molecule has 0 fully saturated rings. The van der Waals surface area contributed by atoms with E-state index in [9.17, 15) is 9.46 Å². The average molecular weight is 331 g/mol. The molecule has 18 heavy (non-hydrogen) atoms. The Labute approximate surface area is 120 Å². The zero-order valence-corrected chi connectivity index (χ0v) is 12.4. The van der Waals surface area contributed by atoms with Crippen molar-refractivity contribution in [3.05, 3.63) is 39.3 Å². The number of hydrogen-bond acceptors (Lipinski definition) is 4. The van der Waals surface area contributed by atoms with Crippen molar-refractivity contribution in [1.29, 1.82) is 0 Å². The molecule has 8 heteroatoms. The first-order chi connectivity index (χ1) is 8.39. The Bertz CT molecular complexity index is 504. The molecule has 0 aliphatic carbocycles. The van der Waals surface area contributed by atoms with Crippen LogP contribution in [0.15, 0.2) is 23.7 Å². The van der Waals surface area contributed by atoms with Crippen LogP contribution in [0.3, 0.4) is 0 Å². The summed E-state index contributed by atoms with van der Waals surface area (Å²) in [4.78, 5) is 11.4. The second-order valence-corrected chi connectivity index (χ2v) is 5.45. The molecule has 1 atom stereocenters. The van der Waals surface area contributed by atoms with Crippen molar-refractivity contribution >= 4 is 48.4 Å². The summed E-state index contributed by atoms with van der Waals surface area (Å²) >= 11 is 17.2. The van der Waals surface area contributed by atoms with E-state index in [1.807, 2.05) is 0 Å². The van der Waals surface area contributed by atoms with E-state index in [0.29, 0.717) is 10.6 Å². The monoisotopic (exact) mass is 329 g/mol. The molecule has 0 saturated heterocycles. The zero-order valence-electron chi connectivity index (χ0n) is 9.23. The molecule has 0 aliphatic heterocycles. The van der Waals surface area contributed by atoms with Crippen LogP contribution in [0.2, 0.25) is 10.0 Å². The maximum Gasteiger partial charge on any atom is 0.319 e. The largest absolute Gasteiger partial charge is 0.746 e. The van der Waals surface area contributed by atoms with E-state index in [-0.39, 0.29) is 17.4 Å². The van der Waals surface area contributed by atoms with Gasteiger partial charge in [0, 0.05) is 16.1 Å². The standard InChI is InChI=1S/C10H10Cl3O4P/c1-2-16-18(14,15)17-10(6-11)8-4-3-7(12)5-9(8)13/h3-6H,2H2,1H3,(H,14,15)/p-1. The predicted octanol–water partition coefficient (Wildman–Crippen LogP) is 4.05. The van der Waals surface area contributed by atoms with E-state index in [1.54, 1.807) is 0 Å². The molecule has 0 heterocycles. The van der Waals surface area contributed by atoms with Gasteiger partial charge >= 0.3 is 7.82 Å². The topological polar surface area (TPSA) is 58.6 Å². The van der Waals surface area contributed by atoms with Gasteiger partial charge in [-0.1, -0.05) is 34.8 Å². The molecule has 1 unspecified atom stereocenters. The third-order valence-corrected chi connectivity index (χ3v) is 3.53. The van der Waals surface area contributed by atoms with E-state index in [4.69, 9.17) is 39.3 Å². The molecular weight excluding hydrogens is 321 g/mol. The van der Waals surface area contributed by atoms with Gasteiger partial charge in [-0.3, -0.25) is 4.57 Å². The van der Waals surface area contributed by atoms with Crippen LogP contribution >= 0.6 is 42.6 Å². The summed E-state index contributed by atoms with van der Waals surface area (Å²) < 4.78 is 20.5. The minimum atomic E-state index is -4.46. The highest BCUT2D eigenvalue weighted by Crippen LogP contribution is 2.44. The van der Waals surface area contributed by atoms with Gasteiger partial charge in [-0.15, -0.1) is 0 Å². The Morgan fingerprint density at radius 2 is 2.17 bits per heavy atom. The van der Waals surface area contributed by atoms with Gasteiger partial charge in [0.2, 0.25) is 0 Å². The Morgan fingerprint density at radius 1 is 1.50 bits per heavy atom. The smallest absolute Gasteiger partial charge is 0.319 e. The van der Waals surface area contributed by atoms with E-state index in [1.165, 1.54) is 25.1 Å². The SMILES string of the molecule is CCOP(=O)([O-])OC(=CCl)c1ccc(Cl)cc1Cl. The number of phosphoric ester groups is 1. The molecule has 1 aromatic rings. The Hall–Kier alpha value is -0.220. The van der Waals surface area contributed by atoms with Gasteiger partial charge in [0.15, 0.2) is 0 Å². The van der Waals surface area contributed by atoms with Gasteiger partial charge in [-0.2, -0.15) is 0 Å². The summed E-state index contributed by atoms with van der Waals surface area (Å²) in [6.07, 6.45) is 0. The number of halogens is 3. The molecule has 4 nitrogen and oxygen atoms in total. The molecule has 1 aromatic carbocycles. The van der Waals surface area contributed by atoms with Crippen molar-refractivity contribution in [2.75, 3.05) is 6.61 Å². The second-order valence-electron chi connectivity index (χ2n) is 3.05. The highest BCUT2D eigenvalue weighted by molar-refractivity contribution is 7.46. The number of hydrogen-bond donors (Lipinski definition) is 0. The minimum absolute atomic E-state index is 0.0370. The normalized spacial score (nSPS) is 15.3. The lowest BCUT2D eigenvalue weighted by molar-refractivity contribution is -0.218. The lowest BCUT2D eigenvalue weighted by Gasteiger charge is -2.24. The van der Waals surface area contributed by atoms with Crippen molar-refractivity contribution in [2.24, 2.45) is 0 Å². The molecule has 0 saturated carbocycles. The first-order valence-electron chi connectivity index (χ1n) is 4.80. The van der Waals surface area contributed by atoms with Crippen molar-refractivity contribution in [1.82, 2.24) is 0 Å². The first-order valence-corrected chi connectivity index (χ1v) is 7.46. The average Bonchev–Trinajstić information content (AvgIpc) is 2.26. The Kier molecular flexibility index (Phi) is 5.99. The Morgan fingerprint density at radius 3 is 2.67 bits per heavy atom. The molecule has 1 rings (SSSR count). The van der Waals surface area contributed by atoms with Gasteiger partial charge in [0.1, 0.15) is 5.76 Å². The van der Waals surface area contributed by atoms with Crippen molar-refractivity contribution in [3.63, 3.8) is 0 Å². The fourth-order valence-corrected chi connectivity index (χ4v) is 2.61. The highest BCUT2D eigenvalue weighted by atomic mass is 35.5. The molecule has 100 valence electrons. The number of benzene rings is 1. The van der Waals surface area contributed by atoms with Crippen LogP contribution in [0.1, 0.15) is 12.5 Å². The van der Waals surface area contributed by atoms with E-state index in [2.05, 4.69) is 4.52 Å². The van der Waals surface area contributed by atoms with Gasteiger partial charge < -0.3 is 13.9 Å². The molecule has 0 bridgehead atoms. The first kappa shape index (κ1) is 15.8. The third-order valence-electron chi connectivity index (χ3n) is 1.79. The van der Waals surface area contributed by atoms with Crippen LogP contribution in [0.25, 0.3) is 5.76 Å². The van der Waals surface area contributed by atoms with Crippen molar-refractivity contribution in [3.8, 4) is 0 Å². The Balaban J connectivity index is 3.02. The summed E-state index contributed by atoms with van der Waals surface area (Å²) in [5, 5.41) is 0.624. The van der Waals surface area contributed by atoms with E-state index < -0.39 is 7.82 Å². The number of phosphoric acid groups is 1. The maximum atomic E-state index is 11.4. The summed E-state index contributed by atoms with van der Waals surface area (Å²) in [7, 11) is -4.46. The maximum absolute atomic E-state index is 11.4. The highest BCUT2D eigenvalue weighted by Gasteiger charge is 2.16. The zero-order chi connectivity index (χ0) is 13.8. The van der Waals surface area contributed by atoms with E-state index >= 15 is 0 Å². The van der Waals surface area contributed by atoms with Crippen molar-refractivity contribution in [2.45, 2.75) is 6.92 Å². The predicted molar refractivity (Wildman–Crippen MR) is 70.6 cm³/mol. The molecule has 0 spiro atoms. The summed E-state index contributed by atoms with van der Waals surface area (Å²) in [6, 6.07) is 4.46. The lowest BCUT2D eigenvalue weighted by Crippen LogP contribution is -2.07. The summed E-state index contributed by atoms with van der Waals surface area (Å²) in [5.74, 6) is -0.134. The van der Waals surface area contributed by atoms with Crippen LogP contribution in [-0.4, -0.2) is 6.61 Å². The molecule has 0 amide bonds. The summed E-state index contributed by atoms with van der Waals surface area (Å²) in [6.45, 7) is 1.48. The summed E-state index contributed by atoms with van der Waals surface area (Å²) in [5.41, 5.74) is 1.26. The minimum Gasteiger partial charge on any atom is -0.746 e. The molecular formula is C10H9Cl3O4P-. The van der Waals surface area contributed by atoms with Crippen LogP contribution in [-0.2, 0) is 13.6 Å². The van der Waals surface area contributed by atoms with Crippen LogP contribution in [0, 0.1) is 0 Å². The molecule has 0 radical (unpaired) electrons. The fraction of sp³-hybridized carbons (Fsp3) is 0.200. The van der Waals surface area contributed by atoms with Gasteiger partial charge in [0.25, 0.3) is 0 Å². The second kappa shape index (κ2) is 6.80. The third kappa shape index (κ3) is 4.47. The van der Waals surface area contributed by atoms with E-state index in [0.717, 1.165) is 5.54 Å². The van der Waals surface area contributed by atoms with Gasteiger partial charge in [-0.05, 0) is 25.1 Å². The van der Waals surface area contributed by atoms with Gasteiger partial charge in [-0.25, -0.2) is 0 Å². The fourth-order valence-electron chi connectivity index (χ4n) is 1.12. The molecule has 0 N–H and O–H groups in total. The quantitative estimate of drug-likeness (QED) is 0.603. The molecule has 0 aliphatic rings. The van der Waals surface area contributed by atoms with Crippen molar-refractivity contribution < 1.29 is 18.5 Å². The lowest BCUT2D eigenvalue weighted by atomic mass is 10.2. The molecule has 0 aromatic heterocycles.